The van der Waals surface area contributed by atoms with E-state index in [0.717, 1.165) is 13.0 Å². The quantitative estimate of drug-likeness (QED) is 0.620. The second kappa shape index (κ2) is 3.15. The van der Waals surface area contributed by atoms with Gasteiger partial charge in [-0.15, -0.1) is 0 Å². The van der Waals surface area contributed by atoms with E-state index in [1.807, 2.05) is 0 Å². The van der Waals surface area contributed by atoms with Crippen molar-refractivity contribution >= 4 is 5.78 Å². The van der Waals surface area contributed by atoms with E-state index in [4.69, 9.17) is 0 Å². The van der Waals surface area contributed by atoms with E-state index in [-0.39, 0.29) is 0 Å². The maximum Gasteiger partial charge on any atom is 0.130 e. The van der Waals surface area contributed by atoms with Crippen molar-refractivity contribution in [1.29, 1.82) is 0 Å². The van der Waals surface area contributed by atoms with Crippen LogP contribution in [0, 0.1) is 5.92 Å². The first-order chi connectivity index (χ1) is 4.68. The Morgan fingerprint density at radius 1 is 1.70 bits per heavy atom. The largest absolute Gasteiger partial charge is 0.314 e. The number of carbonyl (C=O) groups excluding carboxylic acids is 1. The Morgan fingerprint density at radius 3 is 2.80 bits per heavy atom. The molecule has 0 radical (unpaired) electrons. The first-order valence-electron chi connectivity index (χ1n) is 3.91. The van der Waals surface area contributed by atoms with E-state index in [2.05, 4.69) is 12.2 Å². The van der Waals surface area contributed by atoms with Crippen molar-refractivity contribution < 1.29 is 4.79 Å². The zero-order chi connectivity index (χ0) is 7.56. The molecule has 0 aromatic carbocycles. The van der Waals surface area contributed by atoms with Crippen molar-refractivity contribution in [2.45, 2.75) is 32.7 Å². The first kappa shape index (κ1) is 7.73. The number of hydrogen-bond donors (Lipinski definition) is 1. The van der Waals surface area contributed by atoms with Crippen molar-refractivity contribution in [1.82, 2.24) is 5.32 Å². The third kappa shape index (κ3) is 2.10. The van der Waals surface area contributed by atoms with E-state index < -0.39 is 0 Å². The van der Waals surface area contributed by atoms with Gasteiger partial charge in [0.15, 0.2) is 0 Å². The highest BCUT2D eigenvalue weighted by Crippen LogP contribution is 2.16. The molecular formula is C8H15NO. The van der Waals surface area contributed by atoms with Crippen LogP contribution in [-0.2, 0) is 4.79 Å². The van der Waals surface area contributed by atoms with Crippen molar-refractivity contribution in [2.75, 3.05) is 6.54 Å². The molecular weight excluding hydrogens is 126 g/mol. The summed E-state index contributed by atoms with van der Waals surface area (Å²) >= 11 is 0. The molecule has 0 amide bonds. The average Bonchev–Trinajstić information content (AvgIpc) is 2.13. The third-order valence-electron chi connectivity index (χ3n) is 2.02. The molecule has 2 atom stereocenters. The second-order valence-corrected chi connectivity index (χ2v) is 3.32. The van der Waals surface area contributed by atoms with Crippen LogP contribution in [0.2, 0.25) is 0 Å². The van der Waals surface area contributed by atoms with Crippen molar-refractivity contribution in [3.8, 4) is 0 Å². The summed E-state index contributed by atoms with van der Waals surface area (Å²) in [5.41, 5.74) is 0. The van der Waals surface area contributed by atoms with Gasteiger partial charge < -0.3 is 10.1 Å². The lowest BCUT2D eigenvalue weighted by atomic mass is 10.0. The Morgan fingerprint density at radius 2 is 2.40 bits per heavy atom. The lowest BCUT2D eigenvalue weighted by molar-refractivity contribution is -0.117. The van der Waals surface area contributed by atoms with Gasteiger partial charge in [-0.05, 0) is 32.7 Å². The fourth-order valence-corrected chi connectivity index (χ4v) is 1.60. The lowest BCUT2D eigenvalue weighted by Gasteiger charge is -2.03. The number of carbonyl (C=O) groups is 1. The number of rotatable bonds is 2. The van der Waals surface area contributed by atoms with Crippen molar-refractivity contribution in [3.63, 3.8) is 0 Å². The highest BCUT2D eigenvalue weighted by molar-refractivity contribution is 5.75. The van der Waals surface area contributed by atoms with Gasteiger partial charge in [-0.2, -0.15) is 0 Å². The van der Waals surface area contributed by atoms with Crippen molar-refractivity contribution in [3.05, 3.63) is 0 Å². The molecule has 1 rings (SSSR count). The molecule has 1 heterocycles. The van der Waals surface area contributed by atoms with E-state index in [9.17, 15) is 4.79 Å². The maximum absolute atomic E-state index is 10.7. The fourth-order valence-electron chi connectivity index (χ4n) is 1.60. The smallest absolute Gasteiger partial charge is 0.130 e. The lowest BCUT2D eigenvalue weighted by Crippen LogP contribution is -2.17. The van der Waals surface area contributed by atoms with Gasteiger partial charge in [-0.3, -0.25) is 0 Å². The summed E-state index contributed by atoms with van der Waals surface area (Å²) in [5.74, 6) is 0.924. The van der Waals surface area contributed by atoms with Crippen LogP contribution in [0.15, 0.2) is 0 Å². The highest BCUT2D eigenvalue weighted by atomic mass is 16.1. The molecule has 1 saturated heterocycles. The van der Waals surface area contributed by atoms with Crippen LogP contribution in [0.1, 0.15) is 26.7 Å². The Kier molecular flexibility index (Phi) is 2.44. The minimum atomic E-state index is 0.320. The molecule has 10 heavy (non-hydrogen) atoms. The van der Waals surface area contributed by atoms with Crippen LogP contribution in [0.25, 0.3) is 0 Å². The van der Waals surface area contributed by atoms with Gasteiger partial charge in [-0.25, -0.2) is 0 Å². The molecule has 1 aliphatic rings. The number of nitrogens with one attached hydrogen (secondary N) is 1. The zero-order valence-corrected chi connectivity index (χ0v) is 6.68. The normalized spacial score (nSPS) is 32.6. The molecule has 1 aliphatic heterocycles. The molecule has 1 fully saturated rings. The van der Waals surface area contributed by atoms with Gasteiger partial charge in [0.25, 0.3) is 0 Å². The van der Waals surface area contributed by atoms with Crippen LogP contribution in [0.3, 0.4) is 0 Å². The van der Waals surface area contributed by atoms with Gasteiger partial charge in [0.05, 0.1) is 0 Å². The molecule has 0 aromatic rings. The molecule has 58 valence electrons. The highest BCUT2D eigenvalue weighted by Gasteiger charge is 2.21. The summed E-state index contributed by atoms with van der Waals surface area (Å²) in [7, 11) is 0. The summed E-state index contributed by atoms with van der Waals surface area (Å²) < 4.78 is 0. The third-order valence-corrected chi connectivity index (χ3v) is 2.02. The Bertz CT molecular complexity index is 133. The maximum atomic E-state index is 10.7. The van der Waals surface area contributed by atoms with E-state index in [1.54, 1.807) is 6.92 Å². The predicted molar refractivity (Wildman–Crippen MR) is 40.9 cm³/mol. The molecule has 0 saturated carbocycles. The molecule has 0 aromatic heterocycles. The monoisotopic (exact) mass is 141 g/mol. The number of Topliss-reactive ketones (excluding diaryl/α,β-unsaturated/α-hetero) is 1. The summed E-state index contributed by atoms with van der Waals surface area (Å²) in [6, 6.07) is 0.615. The topological polar surface area (TPSA) is 29.1 Å². The fraction of sp³-hybridized carbons (Fsp3) is 0.875. The molecule has 0 aliphatic carbocycles. The van der Waals surface area contributed by atoms with Crippen LogP contribution in [-0.4, -0.2) is 18.4 Å². The standard InChI is InChI=1S/C8H15NO/c1-6-3-8(5-9-6)4-7(2)10/h6,8-9H,3-5H2,1-2H3. The van der Waals surface area contributed by atoms with Crippen LogP contribution < -0.4 is 5.32 Å². The van der Waals surface area contributed by atoms with Crippen LogP contribution in [0.4, 0.5) is 0 Å². The van der Waals surface area contributed by atoms with Gasteiger partial charge >= 0.3 is 0 Å². The van der Waals surface area contributed by atoms with Gasteiger partial charge in [-0.1, -0.05) is 0 Å². The van der Waals surface area contributed by atoms with Crippen LogP contribution in [0.5, 0.6) is 0 Å². The summed E-state index contributed by atoms with van der Waals surface area (Å²) in [4.78, 5) is 10.7. The Balaban J connectivity index is 2.24. The van der Waals surface area contributed by atoms with Gasteiger partial charge in [0, 0.05) is 12.5 Å². The van der Waals surface area contributed by atoms with E-state index >= 15 is 0 Å². The molecule has 2 heteroatoms. The summed E-state index contributed by atoms with van der Waals surface area (Å²) in [5, 5.41) is 3.32. The predicted octanol–water partition coefficient (Wildman–Crippen LogP) is 0.964. The van der Waals surface area contributed by atoms with Gasteiger partial charge in [0.1, 0.15) is 5.78 Å². The van der Waals surface area contributed by atoms with Crippen molar-refractivity contribution in [2.24, 2.45) is 5.92 Å². The number of hydrogen-bond acceptors (Lipinski definition) is 2. The Labute approximate surface area is 62.0 Å². The summed E-state index contributed by atoms with van der Waals surface area (Å²) in [6.07, 6.45) is 1.93. The molecule has 1 N–H and O–H groups in total. The van der Waals surface area contributed by atoms with E-state index in [0.29, 0.717) is 17.7 Å². The van der Waals surface area contributed by atoms with Crippen LogP contribution >= 0.6 is 0 Å². The number of ketones is 1. The average molecular weight is 141 g/mol. The zero-order valence-electron chi connectivity index (χ0n) is 6.68. The minimum Gasteiger partial charge on any atom is -0.314 e. The SMILES string of the molecule is CC(=O)CC1CNC(C)C1. The second-order valence-electron chi connectivity index (χ2n) is 3.32. The first-order valence-corrected chi connectivity index (χ1v) is 3.91. The Hall–Kier alpha value is -0.370. The van der Waals surface area contributed by atoms with Gasteiger partial charge in [0.2, 0.25) is 0 Å². The molecule has 2 unspecified atom stereocenters. The van der Waals surface area contributed by atoms with E-state index in [1.165, 1.54) is 6.42 Å². The minimum absolute atomic E-state index is 0.320. The molecule has 0 bridgehead atoms. The summed E-state index contributed by atoms with van der Waals surface area (Å²) in [6.45, 7) is 4.86. The molecule has 2 nitrogen and oxygen atoms in total. The molecule has 0 spiro atoms.